The lowest BCUT2D eigenvalue weighted by Crippen LogP contribution is -2.38. The summed E-state index contributed by atoms with van der Waals surface area (Å²) >= 11 is 1.80. The molecule has 2 N–H and O–H groups in total. The number of aryl methyl sites for hydroxylation is 1. The zero-order chi connectivity index (χ0) is 17.4. The third kappa shape index (κ3) is 7.74. The molecule has 0 bridgehead atoms. The van der Waals surface area contributed by atoms with Crippen molar-refractivity contribution < 1.29 is 0 Å². The lowest BCUT2D eigenvalue weighted by Gasteiger charge is -2.29. The van der Waals surface area contributed by atoms with Gasteiger partial charge in [0.15, 0.2) is 5.96 Å². The number of piperidine rings is 1. The third-order valence-corrected chi connectivity index (χ3v) is 5.62. The van der Waals surface area contributed by atoms with Gasteiger partial charge in [0, 0.05) is 25.0 Å². The van der Waals surface area contributed by atoms with Crippen molar-refractivity contribution in [1.82, 2.24) is 15.5 Å². The van der Waals surface area contributed by atoms with E-state index in [9.17, 15) is 0 Å². The normalized spacial score (nSPS) is 16.4. The van der Waals surface area contributed by atoms with Crippen molar-refractivity contribution >= 4 is 41.7 Å². The van der Waals surface area contributed by atoms with Crippen LogP contribution in [0.4, 0.5) is 0 Å². The fourth-order valence-electron chi connectivity index (χ4n) is 3.14. The van der Waals surface area contributed by atoms with Gasteiger partial charge in [-0.1, -0.05) is 12.1 Å². The van der Waals surface area contributed by atoms with Crippen molar-refractivity contribution in [3.63, 3.8) is 0 Å². The molecule has 0 spiro atoms. The topological polar surface area (TPSA) is 39.7 Å². The highest BCUT2D eigenvalue weighted by Gasteiger charge is 2.16. The Kier molecular flexibility index (Phi) is 10.8. The summed E-state index contributed by atoms with van der Waals surface area (Å²) in [4.78, 5) is 8.11. The number of benzene rings is 1. The molecule has 0 saturated carbocycles. The quantitative estimate of drug-likeness (QED) is 0.284. The highest BCUT2D eigenvalue weighted by molar-refractivity contribution is 14.0. The van der Waals surface area contributed by atoms with Crippen molar-refractivity contribution in [2.24, 2.45) is 10.9 Å². The maximum absolute atomic E-state index is 4.35. The Bertz CT molecular complexity index is 542. The van der Waals surface area contributed by atoms with E-state index >= 15 is 0 Å². The molecule has 0 unspecified atom stereocenters. The van der Waals surface area contributed by atoms with Crippen LogP contribution in [0.5, 0.6) is 0 Å². The molecule has 1 aromatic rings. The average molecular weight is 476 g/mol. The molecule has 0 radical (unpaired) electrons. The number of thioether (sulfide) groups is 1. The fourth-order valence-corrected chi connectivity index (χ4v) is 3.85. The molecule has 0 amide bonds. The Morgan fingerprint density at radius 2 is 2.00 bits per heavy atom. The van der Waals surface area contributed by atoms with Crippen LogP contribution in [0.3, 0.4) is 0 Å². The first-order valence-corrected chi connectivity index (χ1v) is 10.1. The maximum Gasteiger partial charge on any atom is 0.191 e. The lowest BCUT2D eigenvalue weighted by atomic mass is 9.94. The number of hydrogen-bond acceptors (Lipinski definition) is 3. The van der Waals surface area contributed by atoms with Gasteiger partial charge in [0.25, 0.3) is 0 Å². The van der Waals surface area contributed by atoms with Crippen LogP contribution in [0.1, 0.15) is 30.4 Å². The van der Waals surface area contributed by atoms with Gasteiger partial charge in [-0.05, 0) is 75.7 Å². The van der Waals surface area contributed by atoms with Crippen LogP contribution in [-0.4, -0.2) is 50.8 Å². The van der Waals surface area contributed by atoms with Gasteiger partial charge in [-0.15, -0.1) is 35.7 Å². The number of likely N-dealkylation sites (tertiary alicyclic amines) is 1. The van der Waals surface area contributed by atoms with Gasteiger partial charge < -0.3 is 15.5 Å². The molecule has 1 saturated heterocycles. The summed E-state index contributed by atoms with van der Waals surface area (Å²) in [5.74, 6) is 1.75. The predicted octanol–water partition coefficient (Wildman–Crippen LogP) is 3.73. The van der Waals surface area contributed by atoms with Crippen LogP contribution < -0.4 is 10.6 Å². The van der Waals surface area contributed by atoms with Gasteiger partial charge in [0.05, 0.1) is 0 Å². The molecule has 1 aliphatic rings. The highest BCUT2D eigenvalue weighted by atomic mass is 127. The van der Waals surface area contributed by atoms with Crippen molar-refractivity contribution in [3.8, 4) is 0 Å². The Labute approximate surface area is 174 Å². The molecule has 0 aromatic heterocycles. The molecule has 1 heterocycles. The second-order valence-electron chi connectivity index (χ2n) is 6.70. The van der Waals surface area contributed by atoms with Gasteiger partial charge in [-0.3, -0.25) is 4.99 Å². The lowest BCUT2D eigenvalue weighted by molar-refractivity contribution is 0.213. The largest absolute Gasteiger partial charge is 0.356 e. The van der Waals surface area contributed by atoms with E-state index in [4.69, 9.17) is 0 Å². The smallest absolute Gasteiger partial charge is 0.191 e. The van der Waals surface area contributed by atoms with Crippen LogP contribution in [0.15, 0.2) is 28.1 Å². The molecule has 4 nitrogen and oxygen atoms in total. The van der Waals surface area contributed by atoms with Crippen LogP contribution in [-0.2, 0) is 6.54 Å². The summed E-state index contributed by atoms with van der Waals surface area (Å²) in [5.41, 5.74) is 2.63. The van der Waals surface area contributed by atoms with E-state index in [1.807, 2.05) is 7.05 Å². The summed E-state index contributed by atoms with van der Waals surface area (Å²) < 4.78 is 0. The Hall–Kier alpha value is -0.470. The predicted molar refractivity (Wildman–Crippen MR) is 121 cm³/mol. The first kappa shape index (κ1) is 22.6. The number of halogens is 1. The number of hydrogen-bond donors (Lipinski definition) is 2. The fraction of sp³-hybridized carbons (Fsp3) is 0.632. The van der Waals surface area contributed by atoms with E-state index in [0.29, 0.717) is 0 Å². The zero-order valence-corrected chi connectivity index (χ0v) is 19.1. The number of nitrogens with zero attached hydrogens (tertiary/aromatic N) is 2. The third-order valence-electron chi connectivity index (χ3n) is 4.80. The minimum Gasteiger partial charge on any atom is -0.356 e. The molecule has 1 aliphatic heterocycles. The first-order chi connectivity index (χ1) is 11.6. The molecule has 6 heteroatoms. The molecule has 2 rings (SSSR count). The molecule has 0 atom stereocenters. The molecular formula is C19H33IN4S. The van der Waals surface area contributed by atoms with E-state index in [1.165, 1.54) is 48.4 Å². The molecule has 25 heavy (non-hydrogen) atoms. The van der Waals surface area contributed by atoms with E-state index < -0.39 is 0 Å². The summed E-state index contributed by atoms with van der Waals surface area (Å²) in [6, 6.07) is 6.63. The summed E-state index contributed by atoms with van der Waals surface area (Å²) in [6.45, 7) is 6.42. The van der Waals surface area contributed by atoms with Gasteiger partial charge in [0.1, 0.15) is 0 Å². The minimum atomic E-state index is 0. The van der Waals surface area contributed by atoms with Gasteiger partial charge in [-0.25, -0.2) is 0 Å². The average Bonchev–Trinajstić information content (AvgIpc) is 2.60. The standard InChI is InChI=1S/C19H32N4S.HI/c1-15-5-6-17(18(13-15)24-4)14-22-19(20-2)21-10-7-16-8-11-23(3)12-9-16;/h5-6,13,16H,7-12,14H2,1-4H3,(H2,20,21,22);1H. The number of guanidine groups is 1. The molecule has 1 fully saturated rings. The Morgan fingerprint density at radius 1 is 1.28 bits per heavy atom. The van der Waals surface area contributed by atoms with Gasteiger partial charge in [-0.2, -0.15) is 0 Å². The summed E-state index contributed by atoms with van der Waals surface area (Å²) in [6.07, 6.45) is 6.01. The van der Waals surface area contributed by atoms with Gasteiger partial charge in [0.2, 0.25) is 0 Å². The number of aliphatic imine (C=N–C) groups is 1. The van der Waals surface area contributed by atoms with Crippen molar-refractivity contribution in [2.45, 2.75) is 37.6 Å². The van der Waals surface area contributed by atoms with Crippen molar-refractivity contribution in [3.05, 3.63) is 29.3 Å². The summed E-state index contributed by atoms with van der Waals surface area (Å²) in [5, 5.41) is 6.91. The van der Waals surface area contributed by atoms with Crippen LogP contribution in [0, 0.1) is 12.8 Å². The molecule has 1 aromatic carbocycles. The maximum atomic E-state index is 4.35. The minimum absolute atomic E-state index is 0. The SMILES string of the molecule is CN=C(NCCC1CCN(C)CC1)NCc1ccc(C)cc1SC.I. The van der Waals surface area contributed by atoms with E-state index in [1.54, 1.807) is 11.8 Å². The second-order valence-corrected chi connectivity index (χ2v) is 7.55. The number of nitrogens with one attached hydrogen (secondary N) is 2. The van der Waals surface area contributed by atoms with Crippen LogP contribution in [0.2, 0.25) is 0 Å². The van der Waals surface area contributed by atoms with E-state index in [2.05, 4.69) is 59.0 Å². The van der Waals surface area contributed by atoms with Crippen LogP contribution in [0.25, 0.3) is 0 Å². The van der Waals surface area contributed by atoms with Crippen molar-refractivity contribution in [1.29, 1.82) is 0 Å². The first-order valence-electron chi connectivity index (χ1n) is 8.89. The molecular weight excluding hydrogens is 443 g/mol. The monoisotopic (exact) mass is 476 g/mol. The second kappa shape index (κ2) is 12.0. The zero-order valence-electron chi connectivity index (χ0n) is 16.0. The van der Waals surface area contributed by atoms with Crippen molar-refractivity contribution in [2.75, 3.05) is 40.0 Å². The highest BCUT2D eigenvalue weighted by Crippen LogP contribution is 2.21. The van der Waals surface area contributed by atoms with Gasteiger partial charge >= 0.3 is 0 Å². The van der Waals surface area contributed by atoms with E-state index in [0.717, 1.165) is 25.0 Å². The number of rotatable bonds is 6. The Morgan fingerprint density at radius 3 is 2.64 bits per heavy atom. The summed E-state index contributed by atoms with van der Waals surface area (Å²) in [7, 11) is 4.06. The van der Waals surface area contributed by atoms with Crippen LogP contribution >= 0.6 is 35.7 Å². The van der Waals surface area contributed by atoms with E-state index in [-0.39, 0.29) is 24.0 Å². The molecule has 142 valence electrons. The molecule has 0 aliphatic carbocycles. The Balaban J connectivity index is 0.00000312.